The van der Waals surface area contributed by atoms with Crippen LogP contribution in [0, 0.1) is 0 Å². The molecule has 1 aromatic rings. The molecule has 0 radical (unpaired) electrons. The highest BCUT2D eigenvalue weighted by atomic mass is 16.5. The van der Waals surface area contributed by atoms with Crippen molar-refractivity contribution in [3.05, 3.63) is 53.3 Å². The molecule has 0 saturated carbocycles. The van der Waals surface area contributed by atoms with Crippen LogP contribution in [0.3, 0.4) is 0 Å². The Balaban J connectivity index is 1.84. The first-order chi connectivity index (χ1) is 10.2. The standard InChI is InChI=1S/C19H24O2/c1-3-5-6-7-8-17-18(20)13-19(17)21-14-16-11-9-15(4-2)10-12-16/h4,9-12H,2-3,5-8,13-14H2,1H3. The number of hydrogen-bond acceptors (Lipinski definition) is 2. The van der Waals surface area contributed by atoms with E-state index in [1.54, 1.807) is 0 Å². The first kappa shape index (κ1) is 15.6. The van der Waals surface area contributed by atoms with E-state index in [9.17, 15) is 4.79 Å². The third kappa shape index (κ3) is 4.32. The predicted molar refractivity (Wildman–Crippen MR) is 86.7 cm³/mol. The van der Waals surface area contributed by atoms with Crippen molar-refractivity contribution in [1.29, 1.82) is 0 Å². The van der Waals surface area contributed by atoms with Crippen LogP contribution in [0.5, 0.6) is 0 Å². The van der Waals surface area contributed by atoms with E-state index in [1.165, 1.54) is 19.3 Å². The summed E-state index contributed by atoms with van der Waals surface area (Å²) < 4.78 is 5.81. The first-order valence-electron chi connectivity index (χ1n) is 7.84. The van der Waals surface area contributed by atoms with Crippen LogP contribution in [0.1, 0.15) is 56.6 Å². The van der Waals surface area contributed by atoms with Crippen molar-refractivity contribution in [2.24, 2.45) is 0 Å². The minimum Gasteiger partial charge on any atom is -0.492 e. The Kier molecular flexibility index (Phi) is 5.79. The summed E-state index contributed by atoms with van der Waals surface area (Å²) in [5, 5.41) is 0. The van der Waals surface area contributed by atoms with E-state index in [1.807, 2.05) is 30.3 Å². The minimum atomic E-state index is 0.267. The highest BCUT2D eigenvalue weighted by molar-refractivity contribution is 6.03. The van der Waals surface area contributed by atoms with E-state index in [0.717, 1.165) is 35.3 Å². The molecule has 0 atom stereocenters. The van der Waals surface area contributed by atoms with Crippen molar-refractivity contribution in [2.45, 2.75) is 52.1 Å². The zero-order valence-corrected chi connectivity index (χ0v) is 12.9. The van der Waals surface area contributed by atoms with Gasteiger partial charge in [0.15, 0.2) is 5.78 Å². The smallest absolute Gasteiger partial charge is 0.169 e. The second-order valence-corrected chi connectivity index (χ2v) is 5.55. The third-order valence-corrected chi connectivity index (χ3v) is 3.90. The fourth-order valence-electron chi connectivity index (χ4n) is 2.47. The lowest BCUT2D eigenvalue weighted by molar-refractivity contribution is -0.118. The molecule has 0 spiro atoms. The van der Waals surface area contributed by atoms with Gasteiger partial charge in [-0.25, -0.2) is 0 Å². The molecule has 0 aromatic heterocycles. The topological polar surface area (TPSA) is 26.3 Å². The number of Topliss-reactive ketones (excluding diaryl/α,β-unsaturated/α-hetero) is 1. The summed E-state index contributed by atoms with van der Waals surface area (Å²) in [6.45, 7) is 6.48. The monoisotopic (exact) mass is 284 g/mol. The third-order valence-electron chi connectivity index (χ3n) is 3.90. The van der Waals surface area contributed by atoms with E-state index in [-0.39, 0.29) is 5.78 Å². The molecule has 1 aromatic carbocycles. The molecule has 0 saturated heterocycles. The molecular formula is C19H24O2. The number of carbonyl (C=O) groups is 1. The van der Waals surface area contributed by atoms with Gasteiger partial charge >= 0.3 is 0 Å². The second-order valence-electron chi connectivity index (χ2n) is 5.55. The zero-order valence-electron chi connectivity index (χ0n) is 12.9. The quantitative estimate of drug-likeness (QED) is 0.593. The van der Waals surface area contributed by atoms with Gasteiger partial charge < -0.3 is 4.74 Å². The highest BCUT2D eigenvalue weighted by Crippen LogP contribution is 2.30. The Labute approximate surface area is 127 Å². The summed E-state index contributed by atoms with van der Waals surface area (Å²) in [6, 6.07) is 8.13. The Morgan fingerprint density at radius 3 is 2.57 bits per heavy atom. The van der Waals surface area contributed by atoms with Crippen molar-refractivity contribution in [1.82, 2.24) is 0 Å². The number of benzene rings is 1. The van der Waals surface area contributed by atoms with Gasteiger partial charge in [0.1, 0.15) is 12.4 Å². The van der Waals surface area contributed by atoms with Gasteiger partial charge in [0.2, 0.25) is 0 Å². The van der Waals surface area contributed by atoms with Crippen LogP contribution in [0.25, 0.3) is 6.08 Å². The van der Waals surface area contributed by atoms with Crippen LogP contribution in [0.15, 0.2) is 42.2 Å². The van der Waals surface area contributed by atoms with Crippen LogP contribution in [0.4, 0.5) is 0 Å². The van der Waals surface area contributed by atoms with Gasteiger partial charge in [-0.1, -0.05) is 63.1 Å². The maximum atomic E-state index is 11.7. The number of rotatable bonds is 9. The van der Waals surface area contributed by atoms with Crippen LogP contribution in [-0.2, 0) is 16.1 Å². The van der Waals surface area contributed by atoms with Gasteiger partial charge in [-0.2, -0.15) is 0 Å². The Morgan fingerprint density at radius 1 is 1.19 bits per heavy atom. The molecule has 0 N–H and O–H groups in total. The van der Waals surface area contributed by atoms with Crippen LogP contribution < -0.4 is 0 Å². The Morgan fingerprint density at radius 2 is 1.95 bits per heavy atom. The van der Waals surface area contributed by atoms with E-state index in [2.05, 4.69) is 13.5 Å². The van der Waals surface area contributed by atoms with E-state index in [0.29, 0.717) is 13.0 Å². The number of ketones is 1. The van der Waals surface area contributed by atoms with E-state index >= 15 is 0 Å². The van der Waals surface area contributed by atoms with Crippen molar-refractivity contribution < 1.29 is 9.53 Å². The molecule has 1 aliphatic carbocycles. The van der Waals surface area contributed by atoms with Gasteiger partial charge in [-0.05, 0) is 24.0 Å². The van der Waals surface area contributed by atoms with Gasteiger partial charge in [0.05, 0.1) is 6.42 Å². The molecule has 2 rings (SSSR count). The van der Waals surface area contributed by atoms with Gasteiger partial charge in [0, 0.05) is 5.57 Å². The first-order valence-corrected chi connectivity index (χ1v) is 7.84. The number of unbranched alkanes of at least 4 members (excludes halogenated alkanes) is 3. The van der Waals surface area contributed by atoms with E-state index < -0.39 is 0 Å². The lowest BCUT2D eigenvalue weighted by Gasteiger charge is -2.23. The molecule has 0 unspecified atom stereocenters. The average Bonchev–Trinajstić information content (AvgIpc) is 2.51. The molecule has 0 fully saturated rings. The molecular weight excluding hydrogens is 260 g/mol. The maximum absolute atomic E-state index is 11.7. The number of ether oxygens (including phenoxy) is 1. The number of allylic oxidation sites excluding steroid dienone is 2. The molecule has 0 heterocycles. The molecule has 0 amide bonds. The van der Waals surface area contributed by atoms with Gasteiger partial charge in [-0.3, -0.25) is 4.79 Å². The second kappa shape index (κ2) is 7.82. The van der Waals surface area contributed by atoms with Crippen LogP contribution in [0.2, 0.25) is 0 Å². The summed E-state index contributed by atoms with van der Waals surface area (Å²) in [5.41, 5.74) is 3.15. The molecule has 0 bridgehead atoms. The van der Waals surface area contributed by atoms with Gasteiger partial charge in [-0.15, -0.1) is 0 Å². The molecule has 112 valence electrons. The van der Waals surface area contributed by atoms with Crippen LogP contribution in [-0.4, -0.2) is 5.78 Å². The van der Waals surface area contributed by atoms with Crippen molar-refractivity contribution in [2.75, 3.05) is 0 Å². The summed E-state index contributed by atoms with van der Waals surface area (Å²) >= 11 is 0. The van der Waals surface area contributed by atoms with Crippen molar-refractivity contribution in [3.63, 3.8) is 0 Å². The largest absolute Gasteiger partial charge is 0.492 e. The fourth-order valence-corrected chi connectivity index (χ4v) is 2.47. The normalized spacial score (nSPS) is 14.0. The average molecular weight is 284 g/mol. The number of hydrogen-bond donors (Lipinski definition) is 0. The fraction of sp³-hybridized carbons (Fsp3) is 0.421. The summed E-state index contributed by atoms with van der Waals surface area (Å²) in [5.74, 6) is 1.17. The number of carbonyl (C=O) groups excluding carboxylic acids is 1. The summed E-state index contributed by atoms with van der Waals surface area (Å²) in [4.78, 5) is 11.7. The molecule has 1 aliphatic rings. The Hall–Kier alpha value is -1.83. The summed E-state index contributed by atoms with van der Waals surface area (Å²) in [7, 11) is 0. The maximum Gasteiger partial charge on any atom is 0.169 e. The molecule has 0 aliphatic heterocycles. The molecule has 21 heavy (non-hydrogen) atoms. The highest BCUT2D eigenvalue weighted by Gasteiger charge is 2.27. The predicted octanol–water partition coefficient (Wildman–Crippen LogP) is 5.04. The van der Waals surface area contributed by atoms with Crippen molar-refractivity contribution in [3.8, 4) is 0 Å². The van der Waals surface area contributed by atoms with Gasteiger partial charge in [0.25, 0.3) is 0 Å². The minimum absolute atomic E-state index is 0.267. The van der Waals surface area contributed by atoms with Crippen LogP contribution >= 0.6 is 0 Å². The zero-order chi connectivity index (χ0) is 15.1. The lowest BCUT2D eigenvalue weighted by Crippen LogP contribution is -2.20. The van der Waals surface area contributed by atoms with E-state index in [4.69, 9.17) is 4.74 Å². The molecule has 2 heteroatoms. The summed E-state index contributed by atoms with van der Waals surface area (Å²) in [6.07, 6.45) is 7.94. The van der Waals surface area contributed by atoms with Crippen molar-refractivity contribution >= 4 is 11.9 Å². The Bertz CT molecular complexity index is 523. The SMILES string of the molecule is C=Cc1ccc(COC2=C(CCCCCC)C(=O)C2)cc1. The molecule has 2 nitrogen and oxygen atoms in total. The lowest BCUT2D eigenvalue weighted by atomic mass is 9.89.